The van der Waals surface area contributed by atoms with E-state index in [-0.39, 0.29) is 12.5 Å². The summed E-state index contributed by atoms with van der Waals surface area (Å²) in [7, 11) is -3.41. The van der Waals surface area contributed by atoms with Gasteiger partial charge < -0.3 is 10.2 Å². The lowest BCUT2D eigenvalue weighted by atomic mass is 10.1. The molecule has 0 saturated carbocycles. The third kappa shape index (κ3) is 6.43. The molecule has 30 heavy (non-hydrogen) atoms. The summed E-state index contributed by atoms with van der Waals surface area (Å²) in [5.41, 5.74) is 2.12. The minimum Gasteiger partial charge on any atom is -0.385 e. The van der Waals surface area contributed by atoms with Gasteiger partial charge in [0.25, 0.3) is 0 Å². The lowest BCUT2D eigenvalue weighted by Crippen LogP contribution is -2.47. The van der Waals surface area contributed by atoms with Crippen molar-refractivity contribution in [3.8, 4) is 0 Å². The molecule has 2 aliphatic heterocycles. The summed E-state index contributed by atoms with van der Waals surface area (Å²) in [5, 5.41) is 3.57. The highest BCUT2D eigenvalue weighted by Gasteiger charge is 2.35. The number of carbonyl (C=O) groups excluding carboxylic acids is 1. The zero-order chi connectivity index (χ0) is 21.7. The summed E-state index contributed by atoms with van der Waals surface area (Å²) in [5.74, 6) is 0.461. The Morgan fingerprint density at radius 3 is 2.67 bits per heavy atom. The number of hydrogen-bond acceptors (Lipinski definition) is 5. The largest absolute Gasteiger partial charge is 0.385 e. The van der Waals surface area contributed by atoms with E-state index in [1.807, 2.05) is 23.1 Å². The van der Waals surface area contributed by atoms with Crippen LogP contribution in [0.25, 0.3) is 0 Å². The molecule has 0 aromatic heterocycles. The molecule has 8 heteroatoms. The molecule has 0 spiro atoms. The van der Waals surface area contributed by atoms with Gasteiger partial charge in [-0.25, -0.2) is 13.1 Å². The first kappa shape index (κ1) is 23.0. The lowest BCUT2D eigenvalue weighted by Gasteiger charge is -2.34. The SMILES string of the molecule is CC(C)CCN1[C@H]2CCNc3ccccc3CN(C(=O)CNS(C)(=O)=O)C[C@@H]1CC2. The second kappa shape index (κ2) is 10.1. The van der Waals surface area contributed by atoms with E-state index in [0.29, 0.717) is 31.1 Å². The molecule has 1 aromatic rings. The number of para-hydroxylation sites is 1. The number of amides is 1. The van der Waals surface area contributed by atoms with Crippen molar-refractivity contribution in [2.24, 2.45) is 5.92 Å². The molecule has 1 aromatic carbocycles. The molecule has 2 bridgehead atoms. The van der Waals surface area contributed by atoms with Crippen molar-refractivity contribution in [1.29, 1.82) is 0 Å². The van der Waals surface area contributed by atoms with E-state index in [0.717, 1.165) is 56.3 Å². The lowest BCUT2D eigenvalue weighted by molar-refractivity contribution is -0.131. The van der Waals surface area contributed by atoms with Gasteiger partial charge in [-0.2, -0.15) is 0 Å². The monoisotopic (exact) mass is 436 g/mol. The van der Waals surface area contributed by atoms with Crippen LogP contribution in [-0.2, 0) is 21.4 Å². The summed E-state index contributed by atoms with van der Waals surface area (Å²) in [6.07, 6.45) is 5.54. The maximum Gasteiger partial charge on any atom is 0.237 e. The Hall–Kier alpha value is -1.64. The van der Waals surface area contributed by atoms with E-state index in [4.69, 9.17) is 0 Å². The second-order valence-corrected chi connectivity index (χ2v) is 10.9. The van der Waals surface area contributed by atoms with Crippen LogP contribution >= 0.6 is 0 Å². The number of sulfonamides is 1. The van der Waals surface area contributed by atoms with Crippen molar-refractivity contribution in [2.75, 3.05) is 37.8 Å². The Kier molecular flexibility index (Phi) is 7.76. The van der Waals surface area contributed by atoms with Crippen LogP contribution in [0, 0.1) is 5.92 Å². The van der Waals surface area contributed by atoms with Gasteiger partial charge in [-0.05, 0) is 49.8 Å². The number of fused-ring (bicyclic) bond motifs is 3. The van der Waals surface area contributed by atoms with Gasteiger partial charge >= 0.3 is 0 Å². The molecule has 0 aliphatic carbocycles. The standard InChI is InChI=1S/C22H36N4O3S/c1-17(2)11-13-26-19-8-9-20(26)16-25(22(27)14-24-30(3,28)29)15-18-6-4-5-7-21(18)23-12-10-19/h4-7,17,19-20,23-24H,8-16H2,1-3H3/t19-,20+/m1/s1. The molecule has 0 unspecified atom stereocenters. The highest BCUT2D eigenvalue weighted by Crippen LogP contribution is 2.30. The van der Waals surface area contributed by atoms with Crippen LogP contribution in [0.5, 0.6) is 0 Å². The first-order valence-electron chi connectivity index (χ1n) is 11.0. The molecular weight excluding hydrogens is 400 g/mol. The van der Waals surface area contributed by atoms with Gasteiger partial charge in [0.1, 0.15) is 0 Å². The van der Waals surface area contributed by atoms with Crippen molar-refractivity contribution in [3.63, 3.8) is 0 Å². The summed E-state index contributed by atoms with van der Waals surface area (Å²) in [6, 6.07) is 8.93. The second-order valence-electron chi connectivity index (χ2n) is 9.05. The highest BCUT2D eigenvalue weighted by molar-refractivity contribution is 7.88. The Bertz CT molecular complexity index is 827. The number of nitrogens with zero attached hydrogens (tertiary/aromatic N) is 2. The quantitative estimate of drug-likeness (QED) is 0.715. The van der Waals surface area contributed by atoms with Gasteiger partial charge in [-0.1, -0.05) is 32.0 Å². The molecule has 3 rings (SSSR count). The fourth-order valence-corrected chi connectivity index (χ4v) is 4.90. The molecule has 2 N–H and O–H groups in total. The molecule has 1 amide bonds. The van der Waals surface area contributed by atoms with Crippen LogP contribution in [0.1, 0.15) is 45.1 Å². The van der Waals surface area contributed by atoms with Crippen molar-refractivity contribution >= 4 is 21.6 Å². The first-order chi connectivity index (χ1) is 14.2. The molecule has 2 heterocycles. The van der Waals surface area contributed by atoms with E-state index in [9.17, 15) is 13.2 Å². The van der Waals surface area contributed by atoms with Gasteiger partial charge in [0.2, 0.25) is 15.9 Å². The van der Waals surface area contributed by atoms with Crippen LogP contribution < -0.4 is 10.0 Å². The third-order valence-electron chi connectivity index (χ3n) is 6.18. The van der Waals surface area contributed by atoms with Gasteiger partial charge in [0.05, 0.1) is 12.8 Å². The average molecular weight is 437 g/mol. The predicted molar refractivity (Wildman–Crippen MR) is 121 cm³/mol. The zero-order valence-corrected chi connectivity index (χ0v) is 19.2. The topological polar surface area (TPSA) is 81.8 Å². The van der Waals surface area contributed by atoms with Crippen molar-refractivity contribution < 1.29 is 13.2 Å². The minimum absolute atomic E-state index is 0.179. The number of rotatable bonds is 6. The van der Waals surface area contributed by atoms with Gasteiger partial charge in [0, 0.05) is 37.4 Å². The van der Waals surface area contributed by atoms with E-state index in [1.54, 1.807) is 0 Å². The zero-order valence-electron chi connectivity index (χ0n) is 18.4. The number of carbonyl (C=O) groups is 1. The molecule has 2 aliphatic rings. The van der Waals surface area contributed by atoms with E-state index in [1.165, 1.54) is 0 Å². The minimum atomic E-state index is -3.41. The molecule has 2 atom stereocenters. The Morgan fingerprint density at radius 2 is 1.93 bits per heavy atom. The molecule has 168 valence electrons. The maximum atomic E-state index is 13.0. The van der Waals surface area contributed by atoms with Crippen molar-refractivity contribution in [3.05, 3.63) is 29.8 Å². The molecule has 7 nitrogen and oxygen atoms in total. The van der Waals surface area contributed by atoms with Crippen LogP contribution in [-0.4, -0.2) is 68.6 Å². The van der Waals surface area contributed by atoms with E-state index >= 15 is 0 Å². The maximum absolute atomic E-state index is 13.0. The Labute approximate surface area is 181 Å². The highest BCUT2D eigenvalue weighted by atomic mass is 32.2. The van der Waals surface area contributed by atoms with Crippen LogP contribution in [0.4, 0.5) is 5.69 Å². The molecular formula is C22H36N4O3S. The fourth-order valence-electron chi connectivity index (χ4n) is 4.52. The van der Waals surface area contributed by atoms with Crippen molar-refractivity contribution in [1.82, 2.24) is 14.5 Å². The van der Waals surface area contributed by atoms with Crippen LogP contribution in [0.3, 0.4) is 0 Å². The number of benzene rings is 1. The summed E-state index contributed by atoms with van der Waals surface area (Å²) < 4.78 is 25.4. The summed E-state index contributed by atoms with van der Waals surface area (Å²) >= 11 is 0. The van der Waals surface area contributed by atoms with Crippen LogP contribution in [0.2, 0.25) is 0 Å². The Balaban J connectivity index is 1.84. The average Bonchev–Trinajstić information content (AvgIpc) is 3.04. The third-order valence-corrected chi connectivity index (χ3v) is 6.85. The molecule has 1 fully saturated rings. The number of nitrogens with one attached hydrogen (secondary N) is 2. The summed E-state index contributed by atoms with van der Waals surface area (Å²) in [6.45, 7) is 7.37. The predicted octanol–water partition coefficient (Wildman–Crippen LogP) is 2.26. The molecule has 0 radical (unpaired) electrons. The number of anilines is 1. The number of hydrogen-bond donors (Lipinski definition) is 2. The van der Waals surface area contributed by atoms with E-state index in [2.05, 4.69) is 34.9 Å². The van der Waals surface area contributed by atoms with Gasteiger partial charge in [-0.3, -0.25) is 9.69 Å². The first-order valence-corrected chi connectivity index (χ1v) is 12.9. The normalized spacial score (nSPS) is 23.0. The smallest absolute Gasteiger partial charge is 0.237 e. The van der Waals surface area contributed by atoms with Gasteiger partial charge in [-0.15, -0.1) is 0 Å². The van der Waals surface area contributed by atoms with E-state index < -0.39 is 10.0 Å². The fraction of sp³-hybridized carbons (Fsp3) is 0.682. The molecule has 1 saturated heterocycles. The van der Waals surface area contributed by atoms with Gasteiger partial charge in [0.15, 0.2) is 0 Å². The van der Waals surface area contributed by atoms with Crippen molar-refractivity contribution in [2.45, 2.75) is 58.2 Å². The Morgan fingerprint density at radius 1 is 1.20 bits per heavy atom. The summed E-state index contributed by atoms with van der Waals surface area (Å²) in [4.78, 5) is 17.4. The van der Waals surface area contributed by atoms with Crippen LogP contribution in [0.15, 0.2) is 24.3 Å².